The van der Waals surface area contributed by atoms with Gasteiger partial charge in [0, 0.05) is 66.7 Å². The second-order valence-electron chi connectivity index (χ2n) is 14.1. The SMILES string of the molecule is CN(C)CC[C@H](CSc1cccs1)Nc1ccc(S(=O)(=O)Nc2ncnc3cc(N4CCN(Cc5cc(Cl)ccc5-c5ccccc5)CC4)ccc23)cc1[N+](=O)[O-]. The largest absolute Gasteiger partial charge is 0.376 e. The number of rotatable bonds is 16. The van der Waals surface area contributed by atoms with Crippen LogP contribution in [0.1, 0.15) is 12.0 Å². The predicted molar refractivity (Wildman–Crippen MR) is 233 cm³/mol. The highest BCUT2D eigenvalue weighted by Gasteiger charge is 2.25. The van der Waals surface area contributed by atoms with Crippen molar-refractivity contribution in [3.8, 4) is 11.1 Å². The van der Waals surface area contributed by atoms with Gasteiger partial charge >= 0.3 is 0 Å². The predicted octanol–water partition coefficient (Wildman–Crippen LogP) is 8.57. The number of sulfonamides is 1. The van der Waals surface area contributed by atoms with Crippen molar-refractivity contribution in [1.82, 2.24) is 19.8 Å². The Bertz CT molecular complexity index is 2430. The van der Waals surface area contributed by atoms with Gasteiger partial charge < -0.3 is 15.1 Å². The molecule has 0 bridgehead atoms. The summed E-state index contributed by atoms with van der Waals surface area (Å²) in [6.07, 6.45) is 2.05. The van der Waals surface area contributed by atoms with Crippen LogP contribution in [0.3, 0.4) is 0 Å². The number of hydrogen-bond donors (Lipinski definition) is 2. The Morgan fingerprint density at radius 1 is 0.965 bits per heavy atom. The number of halogens is 1. The van der Waals surface area contributed by atoms with Gasteiger partial charge in [0.15, 0.2) is 5.82 Å². The number of nitro benzene ring substituents is 1. The number of thiophene rings is 1. The lowest BCUT2D eigenvalue weighted by Crippen LogP contribution is -2.46. The smallest absolute Gasteiger partial charge is 0.293 e. The van der Waals surface area contributed by atoms with Gasteiger partial charge in [0.05, 0.1) is 19.5 Å². The lowest BCUT2D eigenvalue weighted by molar-refractivity contribution is -0.384. The highest BCUT2D eigenvalue weighted by atomic mass is 35.5. The van der Waals surface area contributed by atoms with Crippen molar-refractivity contribution < 1.29 is 13.3 Å². The summed E-state index contributed by atoms with van der Waals surface area (Å²) in [5, 5.41) is 18.8. The summed E-state index contributed by atoms with van der Waals surface area (Å²) in [6.45, 7) is 4.84. The molecule has 296 valence electrons. The fourth-order valence-electron chi connectivity index (χ4n) is 6.82. The van der Waals surface area contributed by atoms with Crippen LogP contribution in [0.2, 0.25) is 5.02 Å². The van der Waals surface area contributed by atoms with Gasteiger partial charge in [-0.1, -0.05) is 54.1 Å². The van der Waals surface area contributed by atoms with Crippen molar-refractivity contribution in [3.05, 3.63) is 129 Å². The molecule has 57 heavy (non-hydrogen) atoms. The van der Waals surface area contributed by atoms with Gasteiger partial charge in [-0.3, -0.25) is 19.7 Å². The second-order valence-corrected chi connectivity index (χ2v) is 18.5. The molecule has 7 rings (SSSR count). The first-order chi connectivity index (χ1) is 27.5. The lowest BCUT2D eigenvalue weighted by Gasteiger charge is -2.36. The summed E-state index contributed by atoms with van der Waals surface area (Å²) in [7, 11) is -0.303. The van der Waals surface area contributed by atoms with Crippen LogP contribution in [-0.4, -0.2) is 91.7 Å². The third kappa shape index (κ3) is 10.2. The van der Waals surface area contributed by atoms with E-state index in [1.807, 2.05) is 74.1 Å². The van der Waals surface area contributed by atoms with E-state index in [0.717, 1.165) is 72.2 Å². The third-order valence-corrected chi connectivity index (χ3v) is 13.7. The monoisotopic (exact) mass is 842 g/mol. The van der Waals surface area contributed by atoms with Crippen molar-refractivity contribution in [2.75, 3.05) is 67.5 Å². The van der Waals surface area contributed by atoms with Gasteiger partial charge in [0.25, 0.3) is 15.7 Å². The number of aromatic nitrogens is 2. The fraction of sp³-hybridized carbons (Fsp3) is 0.268. The maximum Gasteiger partial charge on any atom is 0.293 e. The zero-order chi connectivity index (χ0) is 39.9. The van der Waals surface area contributed by atoms with E-state index in [1.165, 1.54) is 29.6 Å². The summed E-state index contributed by atoms with van der Waals surface area (Å²) >= 11 is 9.75. The quantitative estimate of drug-likeness (QED) is 0.0551. The zero-order valence-corrected chi connectivity index (χ0v) is 34.8. The first-order valence-electron chi connectivity index (χ1n) is 18.5. The second kappa shape index (κ2) is 18.2. The number of nitro groups is 1. The molecule has 1 aliphatic rings. The Kier molecular flexibility index (Phi) is 12.9. The topological polar surface area (TPSA) is 137 Å². The highest BCUT2D eigenvalue weighted by molar-refractivity contribution is 8.01. The molecule has 1 saturated heterocycles. The first-order valence-corrected chi connectivity index (χ1v) is 22.2. The van der Waals surface area contributed by atoms with Crippen LogP contribution >= 0.6 is 34.7 Å². The molecule has 12 nitrogen and oxygen atoms in total. The highest BCUT2D eigenvalue weighted by Crippen LogP contribution is 2.33. The van der Waals surface area contributed by atoms with Crippen molar-refractivity contribution in [1.29, 1.82) is 0 Å². The minimum absolute atomic E-state index is 0.0892. The normalized spacial score (nSPS) is 14.2. The zero-order valence-electron chi connectivity index (χ0n) is 31.5. The summed E-state index contributed by atoms with van der Waals surface area (Å²) in [5.41, 5.74) is 5.00. The van der Waals surface area contributed by atoms with Crippen LogP contribution in [0.25, 0.3) is 22.0 Å². The molecular formula is C41H43ClN8O4S3. The van der Waals surface area contributed by atoms with E-state index in [0.29, 0.717) is 16.7 Å². The van der Waals surface area contributed by atoms with Crippen molar-refractivity contribution in [2.24, 2.45) is 0 Å². The number of thioether (sulfide) groups is 1. The number of hydrogen-bond acceptors (Lipinski definition) is 12. The van der Waals surface area contributed by atoms with Gasteiger partial charge in [-0.2, -0.15) is 0 Å². The molecule has 1 atom stereocenters. The molecule has 0 aliphatic carbocycles. The van der Waals surface area contributed by atoms with Crippen LogP contribution < -0.4 is 14.9 Å². The molecule has 1 fully saturated rings. The number of nitrogens with zero attached hydrogens (tertiary/aromatic N) is 6. The number of nitrogens with one attached hydrogen (secondary N) is 2. The van der Waals surface area contributed by atoms with E-state index in [-0.39, 0.29) is 28.1 Å². The average Bonchev–Trinajstić information content (AvgIpc) is 3.73. The maximum absolute atomic E-state index is 13.7. The number of fused-ring (bicyclic) bond motifs is 1. The summed E-state index contributed by atoms with van der Waals surface area (Å²) in [6, 6.07) is 30.0. The van der Waals surface area contributed by atoms with Gasteiger partial charge in [-0.25, -0.2) is 18.4 Å². The molecule has 0 amide bonds. The molecule has 2 aromatic heterocycles. The van der Waals surface area contributed by atoms with Gasteiger partial charge in [0.2, 0.25) is 0 Å². The summed E-state index contributed by atoms with van der Waals surface area (Å²) in [5.74, 6) is 0.775. The molecule has 0 unspecified atom stereocenters. The fourth-order valence-corrected chi connectivity index (χ4v) is 9.94. The van der Waals surface area contributed by atoms with E-state index >= 15 is 0 Å². The van der Waals surface area contributed by atoms with E-state index in [4.69, 9.17) is 11.6 Å². The molecule has 0 spiro atoms. The first kappa shape index (κ1) is 40.4. The Labute approximate surface area is 346 Å². The van der Waals surface area contributed by atoms with Gasteiger partial charge in [0.1, 0.15) is 12.0 Å². The summed E-state index contributed by atoms with van der Waals surface area (Å²) < 4.78 is 31.2. The van der Waals surface area contributed by atoms with E-state index < -0.39 is 14.9 Å². The Hall–Kier alpha value is -4.77. The van der Waals surface area contributed by atoms with E-state index in [1.54, 1.807) is 23.1 Å². The molecule has 6 aromatic rings. The molecule has 3 heterocycles. The minimum Gasteiger partial charge on any atom is -0.376 e. The Morgan fingerprint density at radius 2 is 1.77 bits per heavy atom. The van der Waals surface area contributed by atoms with Crippen LogP contribution in [0, 0.1) is 10.1 Å². The molecule has 0 radical (unpaired) electrons. The standard InChI is InChI=1S/C41H43ClN8O4S3/c1-47(2)17-16-32(27-56-40-9-6-22-55-40)45-37-15-12-34(25-39(37)50(51)52)57(53,54)46-41-36-14-11-33(24-38(36)43-28-44-41)49-20-18-48(19-21-49)26-30-23-31(42)10-13-35(30)29-7-4-3-5-8-29/h3-15,22-25,28,32,45H,16-21,26-27H2,1-2H3,(H,43,44,46)/t32-/m1/s1. The minimum atomic E-state index is -4.26. The van der Waals surface area contributed by atoms with Crippen molar-refractivity contribution in [3.63, 3.8) is 0 Å². The Morgan fingerprint density at radius 3 is 2.51 bits per heavy atom. The van der Waals surface area contributed by atoms with Gasteiger partial charge in [-0.05, 0) is 97.7 Å². The average molecular weight is 844 g/mol. The molecular weight excluding hydrogens is 800 g/mol. The van der Waals surface area contributed by atoms with E-state index in [9.17, 15) is 18.5 Å². The van der Waals surface area contributed by atoms with E-state index in [2.05, 4.69) is 59.0 Å². The van der Waals surface area contributed by atoms with Crippen LogP contribution in [0.5, 0.6) is 0 Å². The number of piperazine rings is 1. The van der Waals surface area contributed by atoms with Crippen LogP contribution in [0.15, 0.2) is 118 Å². The number of benzene rings is 4. The molecule has 16 heteroatoms. The molecule has 4 aromatic carbocycles. The van der Waals surface area contributed by atoms with Crippen LogP contribution in [-0.2, 0) is 16.6 Å². The summed E-state index contributed by atoms with van der Waals surface area (Å²) in [4.78, 5) is 27.0. The maximum atomic E-state index is 13.7. The molecule has 0 saturated carbocycles. The molecule has 1 aliphatic heterocycles. The van der Waals surface area contributed by atoms with Crippen molar-refractivity contribution >= 4 is 78.5 Å². The lowest BCUT2D eigenvalue weighted by atomic mass is 9.99. The Balaban J connectivity index is 1.03. The van der Waals surface area contributed by atoms with Crippen LogP contribution in [0.4, 0.5) is 22.9 Å². The molecule has 2 N–H and O–H groups in total. The number of anilines is 3. The third-order valence-electron chi connectivity index (χ3n) is 9.82. The van der Waals surface area contributed by atoms with Crippen molar-refractivity contribution in [2.45, 2.75) is 28.1 Å². The van der Waals surface area contributed by atoms with Gasteiger partial charge in [-0.15, -0.1) is 23.1 Å².